The maximum absolute atomic E-state index is 12.6. The molecule has 2 fully saturated rings. The summed E-state index contributed by atoms with van der Waals surface area (Å²) >= 11 is 3.35. The number of likely N-dealkylation sites (tertiary alicyclic amines) is 1. The molecule has 0 radical (unpaired) electrons. The van der Waals surface area contributed by atoms with Crippen molar-refractivity contribution >= 4 is 33.7 Å². The van der Waals surface area contributed by atoms with Gasteiger partial charge < -0.3 is 16.0 Å². The van der Waals surface area contributed by atoms with Gasteiger partial charge in [0.05, 0.1) is 5.92 Å². The number of nitrogens with two attached hydrogens (primary N) is 1. The number of nitrogens with one attached hydrogen (secondary N) is 1. The highest BCUT2D eigenvalue weighted by Gasteiger charge is 2.39. The molecule has 1 saturated carbocycles. The molecule has 2 atom stereocenters. The normalized spacial score (nSPS) is 22.2. The first kappa shape index (κ1) is 17.9. The molecular formula is C18H22BrN3O3. The molecule has 6 nitrogen and oxygen atoms in total. The second-order valence-electron chi connectivity index (χ2n) is 6.78. The molecular weight excluding hydrogens is 386 g/mol. The van der Waals surface area contributed by atoms with E-state index in [0.29, 0.717) is 12.1 Å². The minimum absolute atomic E-state index is 0.0325. The van der Waals surface area contributed by atoms with Crippen LogP contribution in [0.5, 0.6) is 0 Å². The van der Waals surface area contributed by atoms with E-state index < -0.39 is 17.9 Å². The zero-order valence-electron chi connectivity index (χ0n) is 13.9. The van der Waals surface area contributed by atoms with Crippen LogP contribution in [0.4, 0.5) is 0 Å². The molecule has 0 aromatic heterocycles. The fourth-order valence-electron chi connectivity index (χ4n) is 3.74. The summed E-state index contributed by atoms with van der Waals surface area (Å²) in [6.07, 6.45) is 4.51. The van der Waals surface area contributed by atoms with Crippen molar-refractivity contribution in [1.29, 1.82) is 0 Å². The number of primary amides is 1. The Hall–Kier alpha value is -1.89. The third-order valence-corrected chi connectivity index (χ3v) is 5.54. The van der Waals surface area contributed by atoms with Crippen LogP contribution in [-0.2, 0) is 14.4 Å². The van der Waals surface area contributed by atoms with E-state index in [-0.39, 0.29) is 24.3 Å². The summed E-state index contributed by atoms with van der Waals surface area (Å²) in [6, 6.07) is 6.47. The van der Waals surface area contributed by atoms with Gasteiger partial charge in [-0.3, -0.25) is 14.4 Å². The molecule has 1 heterocycles. The van der Waals surface area contributed by atoms with Gasteiger partial charge in [-0.05, 0) is 30.5 Å². The first-order chi connectivity index (χ1) is 12.0. The number of carbonyl (C=O) groups is 3. The molecule has 2 aliphatic rings. The first-order valence-corrected chi connectivity index (χ1v) is 9.39. The van der Waals surface area contributed by atoms with Crippen molar-refractivity contribution in [1.82, 2.24) is 10.2 Å². The zero-order chi connectivity index (χ0) is 18.0. The van der Waals surface area contributed by atoms with Gasteiger partial charge in [0.25, 0.3) is 0 Å². The Morgan fingerprint density at radius 3 is 2.64 bits per heavy atom. The molecule has 3 rings (SSSR count). The first-order valence-electron chi connectivity index (χ1n) is 8.60. The fraction of sp³-hybridized carbons (Fsp3) is 0.500. The largest absolute Gasteiger partial charge is 0.368 e. The zero-order valence-corrected chi connectivity index (χ0v) is 15.5. The summed E-state index contributed by atoms with van der Waals surface area (Å²) in [5.41, 5.74) is 6.09. The van der Waals surface area contributed by atoms with Gasteiger partial charge in [0.15, 0.2) is 0 Å². The van der Waals surface area contributed by atoms with Crippen molar-refractivity contribution in [3.8, 4) is 0 Å². The standard InChI is InChI=1S/C18H22BrN3O3/c19-13-5-3-4-11(8-13)16(17(20)24)21-18(25)12-9-15(23)22(10-12)14-6-1-2-7-14/h3-5,8,12,14,16H,1-2,6-7,9-10H2,(H2,20,24)(H,21,25)/t12-,16-/m1/s1. The number of carbonyl (C=O) groups excluding carboxylic acids is 3. The fourth-order valence-corrected chi connectivity index (χ4v) is 4.16. The van der Waals surface area contributed by atoms with Gasteiger partial charge in [0.2, 0.25) is 17.7 Å². The second kappa shape index (κ2) is 7.56. The van der Waals surface area contributed by atoms with Crippen LogP contribution in [0.15, 0.2) is 28.7 Å². The highest BCUT2D eigenvalue weighted by Crippen LogP contribution is 2.30. The minimum Gasteiger partial charge on any atom is -0.368 e. The molecule has 0 bridgehead atoms. The van der Waals surface area contributed by atoms with E-state index in [0.717, 1.165) is 30.2 Å². The Kier molecular flexibility index (Phi) is 5.42. The van der Waals surface area contributed by atoms with Crippen molar-refractivity contribution in [2.75, 3.05) is 6.54 Å². The molecule has 1 aliphatic carbocycles. The Balaban J connectivity index is 1.68. The maximum Gasteiger partial charge on any atom is 0.244 e. The second-order valence-corrected chi connectivity index (χ2v) is 7.70. The molecule has 7 heteroatoms. The summed E-state index contributed by atoms with van der Waals surface area (Å²) in [7, 11) is 0. The number of rotatable bonds is 5. The Morgan fingerprint density at radius 2 is 2.00 bits per heavy atom. The van der Waals surface area contributed by atoms with E-state index in [1.54, 1.807) is 18.2 Å². The maximum atomic E-state index is 12.6. The summed E-state index contributed by atoms with van der Waals surface area (Å²) in [6.45, 7) is 0.430. The molecule has 0 spiro atoms. The quantitative estimate of drug-likeness (QED) is 0.779. The van der Waals surface area contributed by atoms with Crippen LogP contribution in [-0.4, -0.2) is 35.2 Å². The van der Waals surface area contributed by atoms with Gasteiger partial charge in [-0.1, -0.05) is 40.9 Å². The van der Waals surface area contributed by atoms with E-state index in [9.17, 15) is 14.4 Å². The summed E-state index contributed by atoms with van der Waals surface area (Å²) in [5.74, 6) is -1.31. The molecule has 25 heavy (non-hydrogen) atoms. The molecule has 3 N–H and O–H groups in total. The van der Waals surface area contributed by atoms with Crippen molar-refractivity contribution in [2.45, 2.75) is 44.2 Å². The van der Waals surface area contributed by atoms with Crippen molar-refractivity contribution in [3.63, 3.8) is 0 Å². The van der Waals surface area contributed by atoms with Gasteiger partial charge in [-0.2, -0.15) is 0 Å². The third kappa shape index (κ3) is 4.03. The number of hydrogen-bond donors (Lipinski definition) is 2. The minimum atomic E-state index is -0.902. The van der Waals surface area contributed by atoms with Crippen LogP contribution in [0.3, 0.4) is 0 Å². The molecule has 1 saturated heterocycles. The number of amides is 3. The van der Waals surface area contributed by atoms with Crippen molar-refractivity contribution in [3.05, 3.63) is 34.3 Å². The van der Waals surface area contributed by atoms with Crippen LogP contribution >= 0.6 is 15.9 Å². The van der Waals surface area contributed by atoms with Crippen LogP contribution in [0.25, 0.3) is 0 Å². The lowest BCUT2D eigenvalue weighted by Crippen LogP contribution is -2.41. The lowest BCUT2D eigenvalue weighted by Gasteiger charge is -2.24. The highest BCUT2D eigenvalue weighted by molar-refractivity contribution is 9.10. The molecule has 1 aliphatic heterocycles. The Morgan fingerprint density at radius 1 is 1.28 bits per heavy atom. The van der Waals surface area contributed by atoms with Crippen molar-refractivity contribution < 1.29 is 14.4 Å². The lowest BCUT2D eigenvalue weighted by molar-refractivity contribution is -0.131. The van der Waals surface area contributed by atoms with E-state index >= 15 is 0 Å². The molecule has 1 aromatic carbocycles. The smallest absolute Gasteiger partial charge is 0.244 e. The van der Waals surface area contributed by atoms with Gasteiger partial charge in [-0.25, -0.2) is 0 Å². The number of nitrogens with zero attached hydrogens (tertiary/aromatic N) is 1. The SMILES string of the molecule is NC(=O)[C@H](NC(=O)[C@@H]1CC(=O)N(C2CCCC2)C1)c1cccc(Br)c1. The number of benzene rings is 1. The van der Waals surface area contributed by atoms with E-state index in [2.05, 4.69) is 21.2 Å². The van der Waals surface area contributed by atoms with Crippen LogP contribution in [0.2, 0.25) is 0 Å². The molecule has 1 aromatic rings. The summed E-state index contributed by atoms with van der Waals surface area (Å²) in [5, 5.41) is 2.72. The van der Waals surface area contributed by atoms with Crippen LogP contribution < -0.4 is 11.1 Å². The monoisotopic (exact) mass is 407 g/mol. The molecule has 0 unspecified atom stereocenters. The number of hydrogen-bond acceptors (Lipinski definition) is 3. The average molecular weight is 408 g/mol. The van der Waals surface area contributed by atoms with Gasteiger partial charge in [0.1, 0.15) is 6.04 Å². The van der Waals surface area contributed by atoms with Crippen LogP contribution in [0.1, 0.15) is 43.7 Å². The van der Waals surface area contributed by atoms with Crippen molar-refractivity contribution in [2.24, 2.45) is 11.7 Å². The van der Waals surface area contributed by atoms with Gasteiger partial charge in [0, 0.05) is 23.5 Å². The number of halogens is 1. The molecule has 134 valence electrons. The summed E-state index contributed by atoms with van der Waals surface area (Å²) in [4.78, 5) is 38.5. The van der Waals surface area contributed by atoms with Gasteiger partial charge in [-0.15, -0.1) is 0 Å². The Bertz CT molecular complexity index is 688. The highest BCUT2D eigenvalue weighted by atomic mass is 79.9. The predicted octanol–water partition coefficient (Wildman–Crippen LogP) is 1.88. The predicted molar refractivity (Wildman–Crippen MR) is 96.3 cm³/mol. The van der Waals surface area contributed by atoms with E-state index in [1.165, 1.54) is 0 Å². The topological polar surface area (TPSA) is 92.5 Å². The average Bonchev–Trinajstić information content (AvgIpc) is 3.21. The lowest BCUT2D eigenvalue weighted by atomic mass is 10.0. The van der Waals surface area contributed by atoms with E-state index in [4.69, 9.17) is 5.73 Å². The van der Waals surface area contributed by atoms with Gasteiger partial charge >= 0.3 is 0 Å². The Labute approximate surface area is 155 Å². The summed E-state index contributed by atoms with van der Waals surface area (Å²) < 4.78 is 0.800. The van der Waals surface area contributed by atoms with E-state index in [1.807, 2.05) is 11.0 Å². The van der Waals surface area contributed by atoms with Crippen LogP contribution in [0, 0.1) is 5.92 Å². The third-order valence-electron chi connectivity index (χ3n) is 5.05. The molecule has 3 amide bonds.